The molecule has 0 aliphatic heterocycles. The predicted molar refractivity (Wildman–Crippen MR) is 54.1 cm³/mol. The standard InChI is InChI=1S/C10H15Br/c11-9-5-4-8-10-6-2-1-3-7-10/h4-5,8H,1-3,6-7,9H2/b5-4+. The van der Waals surface area contributed by atoms with Crippen LogP contribution in [0.15, 0.2) is 23.8 Å². The minimum atomic E-state index is 0.969. The van der Waals surface area contributed by atoms with Gasteiger partial charge in [0.2, 0.25) is 0 Å². The number of halogens is 1. The Labute approximate surface area is 77.5 Å². The van der Waals surface area contributed by atoms with Gasteiger partial charge in [0, 0.05) is 5.33 Å². The highest BCUT2D eigenvalue weighted by Crippen LogP contribution is 2.22. The van der Waals surface area contributed by atoms with E-state index in [0.717, 1.165) is 5.33 Å². The highest BCUT2D eigenvalue weighted by Gasteiger charge is 2.02. The van der Waals surface area contributed by atoms with Crippen LogP contribution in [0.2, 0.25) is 0 Å². The summed E-state index contributed by atoms with van der Waals surface area (Å²) >= 11 is 3.36. The van der Waals surface area contributed by atoms with Gasteiger partial charge in [-0.3, -0.25) is 0 Å². The molecule has 0 heterocycles. The van der Waals surface area contributed by atoms with E-state index < -0.39 is 0 Å². The molecule has 0 atom stereocenters. The van der Waals surface area contributed by atoms with Crippen molar-refractivity contribution in [2.24, 2.45) is 0 Å². The van der Waals surface area contributed by atoms with Gasteiger partial charge in [0.15, 0.2) is 0 Å². The molecule has 0 saturated heterocycles. The second-order valence-electron chi connectivity index (χ2n) is 2.97. The largest absolute Gasteiger partial charge is 0.0883 e. The Morgan fingerprint density at radius 3 is 2.55 bits per heavy atom. The fourth-order valence-corrected chi connectivity index (χ4v) is 1.64. The van der Waals surface area contributed by atoms with Crippen LogP contribution in [0.1, 0.15) is 32.1 Å². The first-order valence-corrected chi connectivity index (χ1v) is 5.46. The van der Waals surface area contributed by atoms with E-state index in [1.807, 2.05) is 0 Å². The van der Waals surface area contributed by atoms with Crippen molar-refractivity contribution in [3.63, 3.8) is 0 Å². The first-order valence-electron chi connectivity index (χ1n) is 4.34. The normalized spacial score (nSPS) is 19.2. The highest BCUT2D eigenvalue weighted by atomic mass is 79.9. The summed E-state index contributed by atoms with van der Waals surface area (Å²) in [6, 6.07) is 0. The van der Waals surface area contributed by atoms with Crippen molar-refractivity contribution < 1.29 is 0 Å². The molecule has 11 heavy (non-hydrogen) atoms. The fraction of sp³-hybridized carbons (Fsp3) is 0.600. The van der Waals surface area contributed by atoms with Gasteiger partial charge in [-0.2, -0.15) is 0 Å². The number of hydrogen-bond donors (Lipinski definition) is 0. The van der Waals surface area contributed by atoms with Gasteiger partial charge < -0.3 is 0 Å². The molecule has 0 amide bonds. The molecule has 0 spiro atoms. The molecule has 0 N–H and O–H groups in total. The van der Waals surface area contributed by atoms with Crippen molar-refractivity contribution in [2.45, 2.75) is 32.1 Å². The molecular formula is C10H15Br. The molecule has 0 aromatic carbocycles. The van der Waals surface area contributed by atoms with E-state index >= 15 is 0 Å². The third-order valence-electron chi connectivity index (χ3n) is 2.05. The van der Waals surface area contributed by atoms with Gasteiger partial charge in [-0.1, -0.05) is 46.2 Å². The Hall–Kier alpha value is -0.0400. The average Bonchev–Trinajstić information content (AvgIpc) is 2.07. The van der Waals surface area contributed by atoms with Crippen molar-refractivity contribution in [3.8, 4) is 0 Å². The number of hydrogen-bond acceptors (Lipinski definition) is 0. The van der Waals surface area contributed by atoms with Crippen molar-refractivity contribution in [1.82, 2.24) is 0 Å². The van der Waals surface area contributed by atoms with Gasteiger partial charge in [0.1, 0.15) is 0 Å². The summed E-state index contributed by atoms with van der Waals surface area (Å²) in [4.78, 5) is 0. The lowest BCUT2D eigenvalue weighted by molar-refractivity contribution is 0.599. The molecule has 0 aromatic rings. The summed E-state index contributed by atoms with van der Waals surface area (Å²) in [6.45, 7) is 0. The molecule has 1 aliphatic carbocycles. The summed E-state index contributed by atoms with van der Waals surface area (Å²) in [6.07, 6.45) is 13.5. The molecular weight excluding hydrogens is 200 g/mol. The quantitative estimate of drug-likeness (QED) is 0.614. The second kappa shape index (κ2) is 5.59. The van der Waals surface area contributed by atoms with Crippen LogP contribution < -0.4 is 0 Å². The van der Waals surface area contributed by atoms with Gasteiger partial charge in [0.25, 0.3) is 0 Å². The van der Waals surface area contributed by atoms with Crippen molar-refractivity contribution in [1.29, 1.82) is 0 Å². The molecule has 1 aliphatic rings. The molecule has 62 valence electrons. The first-order chi connectivity index (χ1) is 5.43. The molecule has 1 saturated carbocycles. The maximum atomic E-state index is 3.36. The summed E-state index contributed by atoms with van der Waals surface area (Å²) in [7, 11) is 0. The second-order valence-corrected chi connectivity index (χ2v) is 3.62. The van der Waals surface area contributed by atoms with Crippen LogP contribution in [0.3, 0.4) is 0 Å². The Bertz CT molecular complexity index is 148. The van der Waals surface area contributed by atoms with E-state index in [-0.39, 0.29) is 0 Å². The van der Waals surface area contributed by atoms with Gasteiger partial charge in [-0.15, -0.1) is 0 Å². The van der Waals surface area contributed by atoms with E-state index in [4.69, 9.17) is 0 Å². The minimum Gasteiger partial charge on any atom is -0.0883 e. The molecule has 1 rings (SSSR count). The lowest BCUT2D eigenvalue weighted by Gasteiger charge is -2.12. The molecule has 1 fully saturated rings. The third-order valence-corrected chi connectivity index (χ3v) is 2.43. The van der Waals surface area contributed by atoms with E-state index in [1.54, 1.807) is 5.57 Å². The Balaban J connectivity index is 2.31. The molecule has 0 nitrogen and oxygen atoms in total. The Kier molecular flexibility index (Phi) is 4.60. The molecule has 0 radical (unpaired) electrons. The fourth-order valence-electron chi connectivity index (χ4n) is 1.43. The average molecular weight is 215 g/mol. The monoisotopic (exact) mass is 214 g/mol. The number of allylic oxidation sites excluding steroid dienone is 4. The van der Waals surface area contributed by atoms with Crippen LogP contribution in [0.5, 0.6) is 0 Å². The van der Waals surface area contributed by atoms with Crippen molar-refractivity contribution >= 4 is 15.9 Å². The SMILES string of the molecule is BrC/C=C/C=C1CCCCC1. The van der Waals surface area contributed by atoms with Crippen LogP contribution in [-0.4, -0.2) is 5.33 Å². The van der Waals surface area contributed by atoms with Crippen LogP contribution >= 0.6 is 15.9 Å². The number of rotatable bonds is 2. The lowest BCUT2D eigenvalue weighted by Crippen LogP contribution is -1.92. The zero-order chi connectivity index (χ0) is 7.94. The minimum absolute atomic E-state index is 0.969. The van der Waals surface area contributed by atoms with Crippen LogP contribution in [-0.2, 0) is 0 Å². The summed E-state index contributed by atoms with van der Waals surface area (Å²) < 4.78 is 0. The highest BCUT2D eigenvalue weighted by molar-refractivity contribution is 9.09. The van der Waals surface area contributed by atoms with Gasteiger partial charge in [-0.25, -0.2) is 0 Å². The van der Waals surface area contributed by atoms with Crippen LogP contribution in [0.25, 0.3) is 0 Å². The van der Waals surface area contributed by atoms with E-state index in [2.05, 4.69) is 34.2 Å². The summed E-state index contributed by atoms with van der Waals surface area (Å²) in [5, 5.41) is 0.969. The molecule has 0 aromatic heterocycles. The van der Waals surface area contributed by atoms with E-state index in [0.29, 0.717) is 0 Å². The van der Waals surface area contributed by atoms with Crippen molar-refractivity contribution in [2.75, 3.05) is 5.33 Å². The molecule has 0 bridgehead atoms. The smallest absolute Gasteiger partial charge is 0.0215 e. The summed E-state index contributed by atoms with van der Waals surface area (Å²) in [5.74, 6) is 0. The number of alkyl halides is 1. The molecule has 0 unspecified atom stereocenters. The van der Waals surface area contributed by atoms with Gasteiger partial charge in [-0.05, 0) is 25.7 Å². The van der Waals surface area contributed by atoms with E-state index in [1.165, 1.54) is 32.1 Å². The predicted octanol–water partition coefficient (Wildman–Crippen LogP) is 3.83. The maximum absolute atomic E-state index is 3.36. The van der Waals surface area contributed by atoms with Gasteiger partial charge in [0.05, 0.1) is 0 Å². The van der Waals surface area contributed by atoms with Crippen LogP contribution in [0.4, 0.5) is 0 Å². The maximum Gasteiger partial charge on any atom is 0.0215 e. The zero-order valence-electron chi connectivity index (χ0n) is 6.85. The topological polar surface area (TPSA) is 0 Å². The molecule has 1 heteroatoms. The third kappa shape index (κ3) is 3.76. The Morgan fingerprint density at radius 1 is 1.18 bits per heavy atom. The zero-order valence-corrected chi connectivity index (χ0v) is 8.44. The Morgan fingerprint density at radius 2 is 1.91 bits per heavy atom. The lowest BCUT2D eigenvalue weighted by atomic mass is 9.95. The van der Waals surface area contributed by atoms with Gasteiger partial charge >= 0.3 is 0 Å². The van der Waals surface area contributed by atoms with E-state index in [9.17, 15) is 0 Å². The first kappa shape index (κ1) is 9.05. The van der Waals surface area contributed by atoms with Crippen LogP contribution in [0, 0.1) is 0 Å². The van der Waals surface area contributed by atoms with Crippen molar-refractivity contribution in [3.05, 3.63) is 23.8 Å². The summed E-state index contributed by atoms with van der Waals surface area (Å²) in [5.41, 5.74) is 1.63.